The van der Waals surface area contributed by atoms with E-state index in [1.807, 2.05) is 12.1 Å². The van der Waals surface area contributed by atoms with Gasteiger partial charge < -0.3 is 9.84 Å². The van der Waals surface area contributed by atoms with Crippen LogP contribution in [0.25, 0.3) is 5.57 Å². The topological polar surface area (TPSA) is 46.5 Å². The third-order valence-corrected chi connectivity index (χ3v) is 7.34. The van der Waals surface area contributed by atoms with E-state index in [2.05, 4.69) is 48.5 Å². The van der Waals surface area contributed by atoms with Gasteiger partial charge in [0.05, 0.1) is 6.61 Å². The number of hydrogen-bond acceptors (Lipinski definition) is 3. The number of phenols is 1. The van der Waals surface area contributed by atoms with Gasteiger partial charge in [-0.15, -0.1) is 0 Å². The molecule has 0 saturated heterocycles. The summed E-state index contributed by atoms with van der Waals surface area (Å²) in [5.41, 5.74) is 2.08. The highest BCUT2D eigenvalue weighted by Crippen LogP contribution is 2.43. The number of rotatable bonds is 19. The Bertz CT molecular complexity index is 790. The summed E-state index contributed by atoms with van der Waals surface area (Å²) in [4.78, 5) is 13.3. The molecule has 1 N–H and O–H groups in total. The van der Waals surface area contributed by atoms with Gasteiger partial charge in [-0.25, -0.2) is 4.79 Å². The molecule has 1 rings (SSSR count). The van der Waals surface area contributed by atoms with Gasteiger partial charge in [0.1, 0.15) is 5.75 Å². The number of aromatic hydroxyl groups is 1. The van der Waals surface area contributed by atoms with E-state index in [1.54, 1.807) is 12.1 Å². The van der Waals surface area contributed by atoms with Gasteiger partial charge in [-0.3, -0.25) is 0 Å². The SMILES string of the molecule is CCCCCCCCCCCCCCCCCCOC(=O)C(=C(c1ccc(O)cc1)C(C)(C)C)C(C)(C)C. The van der Waals surface area contributed by atoms with Crippen LogP contribution < -0.4 is 0 Å². The van der Waals surface area contributed by atoms with Crippen LogP contribution in [0.4, 0.5) is 0 Å². The summed E-state index contributed by atoms with van der Waals surface area (Å²) in [6.07, 6.45) is 21.3. The maximum absolute atomic E-state index is 13.3. The number of benzene rings is 1. The van der Waals surface area contributed by atoms with Gasteiger partial charge in [0.2, 0.25) is 0 Å². The fourth-order valence-electron chi connectivity index (χ4n) is 5.25. The Labute approximate surface area is 235 Å². The first-order valence-electron chi connectivity index (χ1n) is 15.7. The van der Waals surface area contributed by atoms with Crippen molar-refractivity contribution in [2.24, 2.45) is 10.8 Å². The van der Waals surface area contributed by atoms with E-state index in [4.69, 9.17) is 4.74 Å². The van der Waals surface area contributed by atoms with Gasteiger partial charge in [0.15, 0.2) is 0 Å². The molecule has 0 aliphatic heterocycles. The third-order valence-electron chi connectivity index (χ3n) is 7.34. The minimum Gasteiger partial charge on any atom is -0.508 e. The Morgan fingerprint density at radius 1 is 0.632 bits per heavy atom. The summed E-state index contributed by atoms with van der Waals surface area (Å²) in [5.74, 6) is 0.0156. The molecule has 0 aliphatic rings. The first-order valence-corrected chi connectivity index (χ1v) is 15.7. The fraction of sp³-hybridized carbons (Fsp3) is 0.743. The molecule has 1 aromatic carbocycles. The van der Waals surface area contributed by atoms with E-state index in [0.717, 1.165) is 29.6 Å². The molecular weight excluding hydrogens is 468 g/mol. The zero-order chi connectivity index (χ0) is 28.4. The van der Waals surface area contributed by atoms with E-state index in [0.29, 0.717) is 6.61 Å². The van der Waals surface area contributed by atoms with Crippen LogP contribution in [0.1, 0.15) is 157 Å². The van der Waals surface area contributed by atoms with E-state index in [-0.39, 0.29) is 22.5 Å². The maximum atomic E-state index is 13.3. The average Bonchev–Trinajstić information content (AvgIpc) is 2.83. The van der Waals surface area contributed by atoms with Crippen molar-refractivity contribution < 1.29 is 14.6 Å². The molecule has 0 aromatic heterocycles. The quantitative estimate of drug-likeness (QED) is 0.110. The van der Waals surface area contributed by atoms with Crippen molar-refractivity contribution in [2.45, 2.75) is 151 Å². The summed E-state index contributed by atoms with van der Waals surface area (Å²) in [7, 11) is 0. The molecule has 0 atom stereocenters. The molecule has 0 amide bonds. The van der Waals surface area contributed by atoms with E-state index >= 15 is 0 Å². The van der Waals surface area contributed by atoms with Gasteiger partial charge in [-0.05, 0) is 40.5 Å². The smallest absolute Gasteiger partial charge is 0.334 e. The summed E-state index contributed by atoms with van der Waals surface area (Å²) in [6.45, 7) is 15.4. The van der Waals surface area contributed by atoms with Crippen LogP contribution in [0, 0.1) is 10.8 Å². The molecule has 3 heteroatoms. The van der Waals surface area contributed by atoms with Gasteiger partial charge in [0, 0.05) is 5.57 Å². The molecule has 38 heavy (non-hydrogen) atoms. The predicted octanol–water partition coefficient (Wildman–Crippen LogP) is 11.0. The maximum Gasteiger partial charge on any atom is 0.334 e. The molecule has 0 spiro atoms. The minimum absolute atomic E-state index is 0.212. The van der Waals surface area contributed by atoms with Crippen molar-refractivity contribution in [2.75, 3.05) is 6.61 Å². The number of allylic oxidation sites excluding steroid dienone is 1. The molecule has 1 aromatic rings. The van der Waals surface area contributed by atoms with Crippen LogP contribution in [0.15, 0.2) is 29.8 Å². The summed E-state index contributed by atoms with van der Waals surface area (Å²) in [6, 6.07) is 7.15. The standard InChI is InChI=1S/C35H60O3/c1-8-9-10-11-12-13-14-15-16-17-18-19-20-21-22-23-28-38-33(37)32(35(5,6)7)31(34(2,3)4)29-24-26-30(36)27-25-29/h24-27,36H,8-23,28H2,1-7H3. The van der Waals surface area contributed by atoms with Crippen molar-refractivity contribution in [3.05, 3.63) is 35.4 Å². The fourth-order valence-corrected chi connectivity index (χ4v) is 5.25. The Morgan fingerprint density at radius 2 is 1.03 bits per heavy atom. The van der Waals surface area contributed by atoms with Crippen LogP contribution >= 0.6 is 0 Å². The number of ether oxygens (including phenoxy) is 1. The lowest BCUT2D eigenvalue weighted by molar-refractivity contribution is -0.140. The lowest BCUT2D eigenvalue weighted by atomic mass is 9.72. The van der Waals surface area contributed by atoms with Crippen LogP contribution in [0.3, 0.4) is 0 Å². The summed E-state index contributed by atoms with van der Waals surface area (Å²) in [5, 5.41) is 9.76. The monoisotopic (exact) mass is 528 g/mol. The summed E-state index contributed by atoms with van der Waals surface area (Å²) >= 11 is 0. The number of phenolic OH excluding ortho intramolecular Hbond substituents is 1. The lowest BCUT2D eigenvalue weighted by Gasteiger charge is -2.32. The second-order valence-corrected chi connectivity index (χ2v) is 13.2. The molecule has 218 valence electrons. The van der Waals surface area contributed by atoms with Crippen LogP contribution in [-0.2, 0) is 9.53 Å². The number of unbranched alkanes of at least 4 members (excludes halogenated alkanes) is 15. The second-order valence-electron chi connectivity index (χ2n) is 13.2. The van der Waals surface area contributed by atoms with E-state index in [1.165, 1.54) is 89.9 Å². The van der Waals surface area contributed by atoms with E-state index in [9.17, 15) is 9.90 Å². The third kappa shape index (κ3) is 14.4. The van der Waals surface area contributed by atoms with E-state index < -0.39 is 0 Å². The summed E-state index contributed by atoms with van der Waals surface area (Å²) < 4.78 is 5.82. The first-order chi connectivity index (χ1) is 18.0. The Hall–Kier alpha value is -1.77. The molecule has 0 saturated carbocycles. The number of esters is 1. The average molecular weight is 529 g/mol. The van der Waals surface area contributed by atoms with Crippen molar-refractivity contribution in [3.63, 3.8) is 0 Å². The highest BCUT2D eigenvalue weighted by atomic mass is 16.5. The number of hydrogen-bond donors (Lipinski definition) is 1. The Morgan fingerprint density at radius 3 is 1.39 bits per heavy atom. The Kier molecular flexibility index (Phi) is 16.7. The first kappa shape index (κ1) is 34.3. The van der Waals surface area contributed by atoms with Crippen molar-refractivity contribution >= 4 is 11.5 Å². The normalized spacial score (nSPS) is 12.9. The van der Waals surface area contributed by atoms with Gasteiger partial charge in [-0.1, -0.05) is 157 Å². The zero-order valence-corrected chi connectivity index (χ0v) is 26.1. The van der Waals surface area contributed by atoms with Crippen molar-refractivity contribution in [1.29, 1.82) is 0 Å². The highest BCUT2D eigenvalue weighted by molar-refractivity contribution is 6.00. The predicted molar refractivity (Wildman–Crippen MR) is 164 cm³/mol. The van der Waals surface area contributed by atoms with Crippen LogP contribution in [0.2, 0.25) is 0 Å². The molecule has 3 nitrogen and oxygen atoms in total. The van der Waals surface area contributed by atoms with Gasteiger partial charge >= 0.3 is 5.97 Å². The highest BCUT2D eigenvalue weighted by Gasteiger charge is 2.34. The molecular formula is C35H60O3. The Balaban J connectivity index is 2.35. The second kappa shape index (κ2) is 18.5. The number of carbonyl (C=O) groups is 1. The lowest BCUT2D eigenvalue weighted by Crippen LogP contribution is -2.26. The number of carbonyl (C=O) groups excluding carboxylic acids is 1. The van der Waals surface area contributed by atoms with Gasteiger partial charge in [0.25, 0.3) is 0 Å². The minimum atomic E-state index is -0.355. The van der Waals surface area contributed by atoms with Gasteiger partial charge in [-0.2, -0.15) is 0 Å². The largest absolute Gasteiger partial charge is 0.508 e. The molecule has 0 radical (unpaired) electrons. The molecule has 0 unspecified atom stereocenters. The van der Waals surface area contributed by atoms with Crippen molar-refractivity contribution in [1.82, 2.24) is 0 Å². The molecule has 0 bridgehead atoms. The zero-order valence-electron chi connectivity index (χ0n) is 26.1. The molecule has 0 fully saturated rings. The van der Waals surface area contributed by atoms with Crippen LogP contribution in [0.5, 0.6) is 5.75 Å². The molecule has 0 aliphatic carbocycles. The van der Waals surface area contributed by atoms with Crippen LogP contribution in [-0.4, -0.2) is 17.7 Å². The molecule has 0 heterocycles. The van der Waals surface area contributed by atoms with Crippen molar-refractivity contribution in [3.8, 4) is 5.75 Å².